The first-order valence-corrected chi connectivity index (χ1v) is 9.35. The molecule has 4 rings (SSSR count). The van der Waals surface area contributed by atoms with Crippen LogP contribution in [0.1, 0.15) is 27.5 Å². The van der Waals surface area contributed by atoms with Crippen molar-refractivity contribution in [2.24, 2.45) is 10.9 Å². The molecule has 0 saturated heterocycles. The van der Waals surface area contributed by atoms with E-state index in [2.05, 4.69) is 15.2 Å². The molecular weight excluding hydrogens is 358 g/mol. The number of fused-ring (bicyclic) bond motifs is 3. The molecule has 1 heterocycles. The molecule has 2 unspecified atom stereocenters. The molecule has 0 bridgehead atoms. The van der Waals surface area contributed by atoms with Crippen molar-refractivity contribution in [3.05, 3.63) is 65.2 Å². The number of hydrogen-bond acceptors (Lipinski definition) is 4. The molecule has 0 saturated carbocycles. The lowest BCUT2D eigenvalue weighted by Crippen LogP contribution is -2.41. The molecule has 0 amide bonds. The van der Waals surface area contributed by atoms with Crippen LogP contribution in [0, 0.1) is 5.92 Å². The van der Waals surface area contributed by atoms with E-state index in [-0.39, 0.29) is 17.7 Å². The number of carbonyl (C=O) groups is 1. The number of Topliss-reactive ketones (excluding diaryl/α,β-unsaturated/α-hetero) is 1. The minimum Gasteiger partial charge on any atom is -0.492 e. The normalized spacial score (nSPS) is 20.8. The number of rotatable bonds is 5. The highest BCUT2D eigenvalue weighted by Crippen LogP contribution is 2.38. The summed E-state index contributed by atoms with van der Waals surface area (Å²) in [5, 5.41) is 3.64. The van der Waals surface area contributed by atoms with Crippen LogP contribution in [-0.4, -0.2) is 48.8 Å². The van der Waals surface area contributed by atoms with Crippen LogP contribution in [-0.2, 0) is 0 Å². The summed E-state index contributed by atoms with van der Waals surface area (Å²) in [5.74, 6) is 0.503. The number of nitrogens with one attached hydrogen (secondary N) is 1. The first-order valence-electron chi connectivity index (χ1n) is 8.95. The summed E-state index contributed by atoms with van der Waals surface area (Å²) in [6, 6.07) is 15.2. The van der Waals surface area contributed by atoms with Crippen molar-refractivity contribution >= 4 is 28.8 Å². The predicted molar refractivity (Wildman–Crippen MR) is 110 cm³/mol. The van der Waals surface area contributed by atoms with Gasteiger partial charge < -0.3 is 15.0 Å². The van der Waals surface area contributed by atoms with Gasteiger partial charge in [0.05, 0.1) is 17.7 Å². The molecule has 0 fully saturated rings. The lowest BCUT2D eigenvalue weighted by Gasteiger charge is -2.29. The van der Waals surface area contributed by atoms with Gasteiger partial charge in [-0.3, -0.25) is 4.79 Å². The Morgan fingerprint density at radius 2 is 1.93 bits per heavy atom. The first kappa shape index (κ1) is 17.8. The molecule has 1 aliphatic heterocycles. The monoisotopic (exact) mass is 379 g/mol. The van der Waals surface area contributed by atoms with Crippen LogP contribution in [0.4, 0.5) is 0 Å². The Labute approximate surface area is 164 Å². The third kappa shape index (κ3) is 3.38. The number of ether oxygens (including phenoxy) is 1. The van der Waals surface area contributed by atoms with Gasteiger partial charge in [0.2, 0.25) is 0 Å². The summed E-state index contributed by atoms with van der Waals surface area (Å²) in [5.41, 5.74) is 3.34. The number of thiocarbonyl (C=S) groups is 1. The van der Waals surface area contributed by atoms with E-state index >= 15 is 0 Å². The van der Waals surface area contributed by atoms with Crippen LogP contribution < -0.4 is 10.1 Å². The van der Waals surface area contributed by atoms with Crippen LogP contribution in [0.25, 0.3) is 0 Å². The van der Waals surface area contributed by atoms with E-state index in [1.165, 1.54) is 0 Å². The Bertz CT molecular complexity index is 939. The Kier molecular flexibility index (Phi) is 4.76. The minimum atomic E-state index is -0.369. The number of likely N-dealkylation sites (N-methyl/N-ethyl adjacent to an activating group) is 1. The van der Waals surface area contributed by atoms with Gasteiger partial charge in [-0.2, -0.15) is 0 Å². The van der Waals surface area contributed by atoms with Crippen LogP contribution in [0.5, 0.6) is 5.75 Å². The van der Waals surface area contributed by atoms with E-state index < -0.39 is 0 Å². The van der Waals surface area contributed by atoms with Crippen molar-refractivity contribution in [2.75, 3.05) is 27.2 Å². The molecule has 0 aromatic heterocycles. The topological polar surface area (TPSA) is 53.9 Å². The third-order valence-corrected chi connectivity index (χ3v) is 5.11. The summed E-state index contributed by atoms with van der Waals surface area (Å²) in [6.07, 6.45) is 0. The Morgan fingerprint density at radius 1 is 1.15 bits per heavy atom. The smallest absolute Gasteiger partial charge is 0.193 e. The largest absolute Gasteiger partial charge is 0.492 e. The van der Waals surface area contributed by atoms with Crippen LogP contribution in [0.15, 0.2) is 53.5 Å². The summed E-state index contributed by atoms with van der Waals surface area (Å²) >= 11 is 5.36. The van der Waals surface area contributed by atoms with Gasteiger partial charge in [0.25, 0.3) is 0 Å². The first-order chi connectivity index (χ1) is 13.0. The lowest BCUT2D eigenvalue weighted by molar-refractivity contribution is 0.0944. The zero-order valence-corrected chi connectivity index (χ0v) is 16.1. The van der Waals surface area contributed by atoms with Crippen molar-refractivity contribution < 1.29 is 9.53 Å². The second-order valence-corrected chi connectivity index (χ2v) is 7.42. The number of ketones is 1. The fourth-order valence-corrected chi connectivity index (χ4v) is 3.82. The van der Waals surface area contributed by atoms with Gasteiger partial charge in [0.1, 0.15) is 12.4 Å². The number of aliphatic imine (C=N–C) groups is 1. The molecule has 1 aliphatic carbocycles. The number of hydrogen-bond donors (Lipinski definition) is 1. The molecule has 0 spiro atoms. The zero-order chi connectivity index (χ0) is 19.0. The molecular formula is C21H21N3O2S. The molecule has 2 aromatic rings. The highest BCUT2D eigenvalue weighted by Gasteiger charge is 2.44. The van der Waals surface area contributed by atoms with Gasteiger partial charge in [0.15, 0.2) is 10.9 Å². The highest BCUT2D eigenvalue weighted by atomic mass is 32.1. The second kappa shape index (κ2) is 7.21. The maximum atomic E-state index is 13.1. The molecule has 2 aliphatic rings. The lowest BCUT2D eigenvalue weighted by atomic mass is 9.87. The second-order valence-electron chi connectivity index (χ2n) is 7.04. The summed E-state index contributed by atoms with van der Waals surface area (Å²) in [4.78, 5) is 19.6. The quantitative estimate of drug-likeness (QED) is 0.810. The number of benzene rings is 2. The van der Waals surface area contributed by atoms with Gasteiger partial charge in [-0.15, -0.1) is 0 Å². The van der Waals surface area contributed by atoms with Crippen molar-refractivity contribution in [2.45, 2.75) is 6.04 Å². The molecule has 2 aromatic carbocycles. The van der Waals surface area contributed by atoms with Gasteiger partial charge >= 0.3 is 0 Å². The molecule has 0 radical (unpaired) electrons. The van der Waals surface area contributed by atoms with Crippen molar-refractivity contribution in [3.63, 3.8) is 0 Å². The SMILES string of the molecule is CN(C)CCOc1cccc(C2NC(=S)N=C3c4ccccc4C(=O)C32)c1. The average molecular weight is 379 g/mol. The molecule has 2 atom stereocenters. The van der Waals surface area contributed by atoms with E-state index in [4.69, 9.17) is 17.0 Å². The summed E-state index contributed by atoms with van der Waals surface area (Å²) < 4.78 is 5.86. The van der Waals surface area contributed by atoms with Crippen molar-refractivity contribution in [1.29, 1.82) is 0 Å². The maximum Gasteiger partial charge on any atom is 0.193 e. The number of carbonyl (C=O) groups excluding carboxylic acids is 1. The van der Waals surface area contributed by atoms with E-state index in [9.17, 15) is 4.79 Å². The fourth-order valence-electron chi connectivity index (χ4n) is 3.60. The van der Waals surface area contributed by atoms with Crippen LogP contribution in [0.3, 0.4) is 0 Å². The summed E-state index contributed by atoms with van der Waals surface area (Å²) in [6.45, 7) is 1.44. The summed E-state index contributed by atoms with van der Waals surface area (Å²) in [7, 11) is 4.02. The van der Waals surface area contributed by atoms with Gasteiger partial charge in [0, 0.05) is 17.7 Å². The average Bonchev–Trinajstić information content (AvgIpc) is 2.94. The molecule has 27 heavy (non-hydrogen) atoms. The van der Waals surface area contributed by atoms with Crippen LogP contribution in [0.2, 0.25) is 0 Å². The van der Waals surface area contributed by atoms with Gasteiger partial charge in [-0.1, -0.05) is 36.4 Å². The van der Waals surface area contributed by atoms with Crippen LogP contribution >= 0.6 is 12.2 Å². The predicted octanol–water partition coefficient (Wildman–Crippen LogP) is 2.86. The van der Waals surface area contributed by atoms with Crippen molar-refractivity contribution in [3.8, 4) is 5.75 Å². The Morgan fingerprint density at radius 3 is 2.70 bits per heavy atom. The Balaban J connectivity index is 1.65. The van der Waals surface area contributed by atoms with E-state index in [1.807, 2.05) is 62.6 Å². The van der Waals surface area contributed by atoms with E-state index in [1.54, 1.807) is 0 Å². The molecule has 138 valence electrons. The molecule has 1 N–H and O–H groups in total. The highest BCUT2D eigenvalue weighted by molar-refractivity contribution is 7.80. The van der Waals surface area contributed by atoms with Gasteiger partial charge in [-0.05, 0) is 44.0 Å². The number of nitrogens with zero attached hydrogens (tertiary/aromatic N) is 2. The third-order valence-electron chi connectivity index (χ3n) is 4.90. The zero-order valence-electron chi connectivity index (χ0n) is 15.3. The maximum absolute atomic E-state index is 13.1. The molecule has 5 nitrogen and oxygen atoms in total. The Hall–Kier alpha value is -2.57. The fraction of sp³-hybridized carbons (Fsp3) is 0.286. The van der Waals surface area contributed by atoms with Crippen molar-refractivity contribution in [1.82, 2.24) is 10.2 Å². The molecule has 6 heteroatoms. The van der Waals surface area contributed by atoms with E-state index in [0.717, 1.165) is 34.7 Å². The standard InChI is InChI=1S/C21H21N3O2S/c1-24(2)10-11-26-14-7-5-6-13(12-14)18-17-19(23-21(27)22-18)15-8-3-4-9-16(15)20(17)25/h3-9,12,17-18H,10-11H2,1-2H3,(H,22,27). The minimum absolute atomic E-state index is 0.0864. The van der Waals surface area contributed by atoms with Gasteiger partial charge in [-0.25, -0.2) is 4.99 Å². The van der Waals surface area contributed by atoms with E-state index in [0.29, 0.717) is 11.7 Å².